The number of fused-ring (bicyclic) bond motifs is 1. The van der Waals surface area contributed by atoms with E-state index in [1.54, 1.807) is 0 Å². The van der Waals surface area contributed by atoms with E-state index >= 15 is 0 Å². The van der Waals surface area contributed by atoms with E-state index in [2.05, 4.69) is 59.5 Å². The fraction of sp³-hybridized carbons (Fsp3) is 0.550. The molecule has 3 rings (SSSR count). The van der Waals surface area contributed by atoms with Crippen LogP contribution in [0.3, 0.4) is 0 Å². The molecule has 25 heavy (non-hydrogen) atoms. The summed E-state index contributed by atoms with van der Waals surface area (Å²) < 4.78 is 2.20. The predicted octanol–water partition coefficient (Wildman–Crippen LogP) is 2.41. The molecule has 1 aromatic heterocycles. The summed E-state index contributed by atoms with van der Waals surface area (Å²) in [6, 6.07) is 8.71. The molecule has 1 unspecified atom stereocenters. The highest BCUT2D eigenvalue weighted by Crippen LogP contribution is 2.19. The van der Waals surface area contributed by atoms with Gasteiger partial charge >= 0.3 is 0 Å². The molecular weight excluding hydrogens is 312 g/mol. The molecule has 5 heteroatoms. The number of allylic oxidation sites excluding steroid dienone is 1. The second-order valence-electron chi connectivity index (χ2n) is 7.25. The maximum absolute atomic E-state index is 9.45. The first-order valence-electron chi connectivity index (χ1n) is 9.19. The topological polar surface area (TPSA) is 44.5 Å². The third-order valence-corrected chi connectivity index (χ3v) is 5.13. The molecule has 1 fully saturated rings. The Morgan fingerprint density at radius 1 is 1.28 bits per heavy atom. The van der Waals surface area contributed by atoms with E-state index in [9.17, 15) is 5.11 Å². The molecule has 1 aliphatic rings. The lowest BCUT2D eigenvalue weighted by molar-refractivity contribution is 0.0619. The van der Waals surface area contributed by atoms with Crippen LogP contribution >= 0.6 is 0 Å². The molecule has 0 radical (unpaired) electrons. The number of benzene rings is 1. The van der Waals surface area contributed by atoms with Gasteiger partial charge < -0.3 is 9.67 Å². The molecular formula is C20H30N4O. The van der Waals surface area contributed by atoms with Crippen LogP contribution in [0.1, 0.15) is 26.1 Å². The first-order chi connectivity index (χ1) is 12.1. The van der Waals surface area contributed by atoms with Crippen LogP contribution in [-0.2, 0) is 13.6 Å². The molecule has 0 saturated carbocycles. The fourth-order valence-electron chi connectivity index (χ4n) is 3.60. The molecule has 1 atom stereocenters. The molecule has 2 aromatic rings. The average Bonchev–Trinajstić information content (AvgIpc) is 2.91. The quantitative estimate of drug-likeness (QED) is 0.819. The first kappa shape index (κ1) is 18.1. The van der Waals surface area contributed by atoms with Crippen molar-refractivity contribution in [3.05, 3.63) is 41.7 Å². The Morgan fingerprint density at radius 3 is 2.80 bits per heavy atom. The van der Waals surface area contributed by atoms with E-state index < -0.39 is 0 Å². The number of hydrogen-bond acceptors (Lipinski definition) is 4. The van der Waals surface area contributed by atoms with Crippen LogP contribution in [-0.4, -0.2) is 63.3 Å². The molecule has 0 amide bonds. The van der Waals surface area contributed by atoms with Crippen molar-refractivity contribution in [2.24, 2.45) is 7.05 Å². The SMILES string of the molecule is CC(C)=CCN1CCN(Cc2nc3ccccc3n2C)CC1CCO. The molecule has 2 heterocycles. The lowest BCUT2D eigenvalue weighted by Gasteiger charge is -2.41. The number of aryl methyl sites for hydroxylation is 1. The Hall–Kier alpha value is -1.69. The van der Waals surface area contributed by atoms with Crippen molar-refractivity contribution in [1.29, 1.82) is 0 Å². The number of rotatable bonds is 6. The van der Waals surface area contributed by atoms with Gasteiger partial charge in [0, 0.05) is 45.9 Å². The number of nitrogens with zero attached hydrogens (tertiary/aromatic N) is 4. The monoisotopic (exact) mass is 342 g/mol. The zero-order chi connectivity index (χ0) is 17.8. The van der Waals surface area contributed by atoms with Crippen molar-refractivity contribution in [3.8, 4) is 0 Å². The number of hydrogen-bond donors (Lipinski definition) is 1. The molecule has 0 spiro atoms. The summed E-state index contributed by atoms with van der Waals surface area (Å²) in [5, 5.41) is 9.45. The number of para-hydroxylation sites is 2. The van der Waals surface area contributed by atoms with Crippen LogP contribution in [0, 0.1) is 0 Å². The number of aliphatic hydroxyl groups is 1. The molecule has 136 valence electrons. The van der Waals surface area contributed by atoms with Crippen molar-refractivity contribution < 1.29 is 5.11 Å². The largest absolute Gasteiger partial charge is 0.396 e. The summed E-state index contributed by atoms with van der Waals surface area (Å²) in [6.45, 7) is 9.44. The Morgan fingerprint density at radius 2 is 2.08 bits per heavy atom. The average molecular weight is 342 g/mol. The van der Waals surface area contributed by atoms with Gasteiger partial charge in [-0.3, -0.25) is 9.80 Å². The van der Waals surface area contributed by atoms with E-state index in [1.807, 2.05) is 6.07 Å². The predicted molar refractivity (Wildman–Crippen MR) is 102 cm³/mol. The van der Waals surface area contributed by atoms with Crippen LogP contribution in [0.4, 0.5) is 0 Å². The standard InChI is InChI=1S/C20H30N4O/c1-16(2)8-10-24-12-11-23(14-17(24)9-13-25)15-20-21-18-6-4-5-7-19(18)22(20)3/h4-8,17,25H,9-15H2,1-3H3. The summed E-state index contributed by atoms with van der Waals surface area (Å²) in [6.07, 6.45) is 3.11. The zero-order valence-corrected chi connectivity index (χ0v) is 15.6. The Kier molecular flexibility index (Phi) is 5.89. The van der Waals surface area contributed by atoms with Crippen LogP contribution in [0.2, 0.25) is 0 Å². The lowest BCUT2D eigenvalue weighted by atomic mass is 10.1. The van der Waals surface area contributed by atoms with Gasteiger partial charge in [-0.2, -0.15) is 0 Å². The van der Waals surface area contributed by atoms with Gasteiger partial charge in [-0.25, -0.2) is 4.98 Å². The summed E-state index contributed by atoms with van der Waals surface area (Å²) in [4.78, 5) is 9.77. The summed E-state index contributed by atoms with van der Waals surface area (Å²) in [7, 11) is 2.10. The Bertz CT molecular complexity index is 732. The van der Waals surface area contributed by atoms with Gasteiger partial charge in [-0.1, -0.05) is 23.8 Å². The highest BCUT2D eigenvalue weighted by Gasteiger charge is 2.26. The van der Waals surface area contributed by atoms with E-state index in [-0.39, 0.29) is 6.61 Å². The van der Waals surface area contributed by atoms with Crippen molar-refractivity contribution in [1.82, 2.24) is 19.4 Å². The molecule has 5 nitrogen and oxygen atoms in total. The summed E-state index contributed by atoms with van der Waals surface area (Å²) in [5.74, 6) is 1.11. The van der Waals surface area contributed by atoms with Gasteiger partial charge in [0.05, 0.1) is 17.6 Å². The van der Waals surface area contributed by atoms with Crippen LogP contribution in [0.15, 0.2) is 35.9 Å². The summed E-state index contributed by atoms with van der Waals surface area (Å²) in [5.41, 5.74) is 3.60. The molecule has 1 aromatic carbocycles. The molecule has 1 saturated heterocycles. The van der Waals surface area contributed by atoms with Gasteiger partial charge in [0.2, 0.25) is 0 Å². The van der Waals surface area contributed by atoms with E-state index in [4.69, 9.17) is 4.98 Å². The van der Waals surface area contributed by atoms with Crippen LogP contribution in [0.25, 0.3) is 11.0 Å². The van der Waals surface area contributed by atoms with Gasteiger partial charge in [0.15, 0.2) is 0 Å². The third-order valence-electron chi connectivity index (χ3n) is 5.13. The van der Waals surface area contributed by atoms with Gasteiger partial charge in [0.25, 0.3) is 0 Å². The highest BCUT2D eigenvalue weighted by molar-refractivity contribution is 5.75. The maximum atomic E-state index is 9.45. The number of imidazole rings is 1. The first-order valence-corrected chi connectivity index (χ1v) is 9.19. The molecule has 0 aliphatic carbocycles. The van der Waals surface area contributed by atoms with Crippen molar-refractivity contribution in [3.63, 3.8) is 0 Å². The number of piperazine rings is 1. The third kappa shape index (κ3) is 4.29. The lowest BCUT2D eigenvalue weighted by Crippen LogP contribution is -2.53. The number of aromatic nitrogens is 2. The maximum Gasteiger partial charge on any atom is 0.123 e. The highest BCUT2D eigenvalue weighted by atomic mass is 16.3. The van der Waals surface area contributed by atoms with Gasteiger partial charge in [0.1, 0.15) is 5.82 Å². The molecule has 1 N–H and O–H groups in total. The molecule has 1 aliphatic heterocycles. The Balaban J connectivity index is 1.69. The van der Waals surface area contributed by atoms with Crippen molar-refractivity contribution >= 4 is 11.0 Å². The second kappa shape index (κ2) is 8.13. The van der Waals surface area contributed by atoms with Crippen molar-refractivity contribution in [2.45, 2.75) is 32.9 Å². The van der Waals surface area contributed by atoms with E-state index in [0.29, 0.717) is 6.04 Å². The smallest absolute Gasteiger partial charge is 0.123 e. The minimum Gasteiger partial charge on any atom is -0.396 e. The van der Waals surface area contributed by atoms with Gasteiger partial charge in [-0.15, -0.1) is 0 Å². The minimum atomic E-state index is 0.246. The minimum absolute atomic E-state index is 0.246. The second-order valence-corrected chi connectivity index (χ2v) is 7.25. The summed E-state index contributed by atoms with van der Waals surface area (Å²) >= 11 is 0. The fourth-order valence-corrected chi connectivity index (χ4v) is 3.60. The zero-order valence-electron chi connectivity index (χ0n) is 15.6. The van der Waals surface area contributed by atoms with Crippen LogP contribution in [0.5, 0.6) is 0 Å². The van der Waals surface area contributed by atoms with E-state index in [0.717, 1.165) is 50.5 Å². The van der Waals surface area contributed by atoms with E-state index in [1.165, 1.54) is 11.1 Å². The van der Waals surface area contributed by atoms with Crippen molar-refractivity contribution in [2.75, 3.05) is 32.8 Å². The van der Waals surface area contributed by atoms with Crippen LogP contribution < -0.4 is 0 Å². The Labute approximate surface area is 150 Å². The normalized spacial score (nSPS) is 19.4. The molecule has 0 bridgehead atoms. The van der Waals surface area contributed by atoms with Gasteiger partial charge in [-0.05, 0) is 32.4 Å². The number of aliphatic hydroxyl groups excluding tert-OH is 1.